The minimum atomic E-state index is -0.0810. The van der Waals surface area contributed by atoms with Crippen molar-refractivity contribution in [3.8, 4) is 5.75 Å². The van der Waals surface area contributed by atoms with Crippen molar-refractivity contribution in [3.63, 3.8) is 0 Å². The molecule has 19 heavy (non-hydrogen) atoms. The van der Waals surface area contributed by atoms with Crippen molar-refractivity contribution in [1.29, 1.82) is 0 Å². The quantitative estimate of drug-likeness (QED) is 0.739. The van der Waals surface area contributed by atoms with Gasteiger partial charge < -0.3 is 15.0 Å². The lowest BCUT2D eigenvalue weighted by Gasteiger charge is -2.18. The third-order valence-electron chi connectivity index (χ3n) is 3.01. The standard InChI is InChI=1S/C14H21IN2O2/c1-4-17(5-2)9-8-16-14(18)12-10-11(15)6-7-13(12)19-3/h6-7,10H,4-5,8-9H2,1-3H3,(H,16,18)/i15+4. The van der Waals surface area contributed by atoms with Crippen LogP contribution in [-0.4, -0.2) is 44.1 Å². The van der Waals surface area contributed by atoms with E-state index in [4.69, 9.17) is 4.74 Å². The highest BCUT2D eigenvalue weighted by Crippen LogP contribution is 2.20. The summed E-state index contributed by atoms with van der Waals surface area (Å²) in [6, 6.07) is 5.58. The third-order valence-corrected chi connectivity index (χ3v) is 3.69. The maximum atomic E-state index is 12.1. The van der Waals surface area contributed by atoms with Crippen molar-refractivity contribution >= 4 is 28.5 Å². The molecule has 0 saturated heterocycles. The third kappa shape index (κ3) is 4.99. The number of benzene rings is 1. The highest BCUT2D eigenvalue weighted by Gasteiger charge is 2.12. The average Bonchev–Trinajstić information content (AvgIpc) is 2.43. The van der Waals surface area contributed by atoms with Crippen LogP contribution in [0.3, 0.4) is 0 Å². The first-order valence-corrected chi connectivity index (χ1v) is 7.54. The smallest absolute Gasteiger partial charge is 0.255 e. The number of carbonyl (C=O) groups is 1. The van der Waals surface area contributed by atoms with Gasteiger partial charge in [0.05, 0.1) is 12.7 Å². The number of nitrogens with zero attached hydrogens (tertiary/aromatic N) is 1. The second-order valence-electron chi connectivity index (χ2n) is 4.13. The van der Waals surface area contributed by atoms with E-state index in [0.717, 1.165) is 23.2 Å². The van der Waals surface area contributed by atoms with Gasteiger partial charge in [-0.05, 0) is 53.9 Å². The van der Waals surface area contributed by atoms with Gasteiger partial charge in [-0.3, -0.25) is 4.79 Å². The molecule has 4 nitrogen and oxygen atoms in total. The van der Waals surface area contributed by atoms with Gasteiger partial charge in [-0.15, -0.1) is 0 Å². The Hall–Kier alpha value is -0.820. The van der Waals surface area contributed by atoms with Crippen LogP contribution in [0.15, 0.2) is 18.2 Å². The van der Waals surface area contributed by atoms with Crippen LogP contribution >= 0.6 is 22.6 Å². The SMILES string of the molecule is CCN(CC)CCNC(=O)c1cc([131I])ccc1OC. The first-order valence-electron chi connectivity index (χ1n) is 6.46. The van der Waals surface area contributed by atoms with E-state index in [1.54, 1.807) is 7.11 Å². The number of ether oxygens (including phenoxy) is 1. The normalized spacial score (nSPS) is 10.6. The number of hydrogen-bond donors (Lipinski definition) is 1. The number of methoxy groups -OCH3 is 1. The van der Waals surface area contributed by atoms with E-state index in [-0.39, 0.29) is 5.91 Å². The Morgan fingerprint density at radius 2 is 2.05 bits per heavy atom. The summed E-state index contributed by atoms with van der Waals surface area (Å²) in [5.41, 5.74) is 0.592. The first-order chi connectivity index (χ1) is 9.12. The van der Waals surface area contributed by atoms with Gasteiger partial charge in [0.15, 0.2) is 0 Å². The summed E-state index contributed by atoms with van der Waals surface area (Å²) in [4.78, 5) is 14.4. The summed E-state index contributed by atoms with van der Waals surface area (Å²) >= 11 is 2.19. The molecule has 0 bridgehead atoms. The molecular formula is C14H21IN2O2. The Morgan fingerprint density at radius 3 is 2.63 bits per heavy atom. The maximum absolute atomic E-state index is 12.1. The minimum Gasteiger partial charge on any atom is -0.496 e. The Labute approximate surface area is 128 Å². The molecule has 0 aromatic heterocycles. The maximum Gasteiger partial charge on any atom is 0.255 e. The predicted molar refractivity (Wildman–Crippen MR) is 85.8 cm³/mol. The average molecular weight is 380 g/mol. The lowest BCUT2D eigenvalue weighted by Crippen LogP contribution is -2.34. The number of carbonyl (C=O) groups excluding carboxylic acids is 1. The molecule has 0 unspecified atom stereocenters. The molecule has 1 N–H and O–H groups in total. The summed E-state index contributed by atoms with van der Waals surface area (Å²) < 4.78 is 6.24. The summed E-state index contributed by atoms with van der Waals surface area (Å²) in [5, 5.41) is 2.94. The monoisotopic (exact) mass is 380 g/mol. The predicted octanol–water partition coefficient (Wildman–Crippen LogP) is 2.37. The van der Waals surface area contributed by atoms with Crippen molar-refractivity contribution in [2.24, 2.45) is 0 Å². The molecule has 5 heteroatoms. The second-order valence-corrected chi connectivity index (χ2v) is 5.37. The molecule has 0 aliphatic carbocycles. The molecule has 0 fully saturated rings. The van der Waals surface area contributed by atoms with Crippen LogP contribution in [0.25, 0.3) is 0 Å². The van der Waals surface area contributed by atoms with Crippen LogP contribution in [0.2, 0.25) is 0 Å². The highest BCUT2D eigenvalue weighted by molar-refractivity contribution is 14.1. The molecule has 0 aliphatic rings. The van der Waals surface area contributed by atoms with Crippen molar-refractivity contribution in [1.82, 2.24) is 10.2 Å². The molecule has 106 valence electrons. The van der Waals surface area contributed by atoms with Gasteiger partial charge in [0.25, 0.3) is 5.91 Å². The van der Waals surface area contributed by atoms with E-state index in [2.05, 4.69) is 46.7 Å². The molecule has 1 aromatic carbocycles. The van der Waals surface area contributed by atoms with Gasteiger partial charge in [0.1, 0.15) is 5.75 Å². The molecule has 0 atom stereocenters. The molecule has 0 heterocycles. The summed E-state index contributed by atoms with van der Waals surface area (Å²) in [6.45, 7) is 7.75. The minimum absolute atomic E-state index is 0.0810. The highest BCUT2D eigenvalue weighted by atomic mass is 131. The van der Waals surface area contributed by atoms with Crippen LogP contribution in [0, 0.1) is 3.57 Å². The van der Waals surface area contributed by atoms with Gasteiger partial charge in [0.2, 0.25) is 0 Å². The summed E-state index contributed by atoms with van der Waals surface area (Å²) in [6.07, 6.45) is 0. The van der Waals surface area contributed by atoms with Crippen molar-refractivity contribution in [2.45, 2.75) is 13.8 Å². The first kappa shape index (κ1) is 16.2. The number of nitrogens with one attached hydrogen (secondary N) is 1. The molecule has 0 aliphatic heterocycles. The Balaban J connectivity index is 2.60. The zero-order valence-electron chi connectivity index (χ0n) is 11.7. The van der Waals surface area contributed by atoms with Crippen molar-refractivity contribution in [2.75, 3.05) is 33.3 Å². The van der Waals surface area contributed by atoms with Gasteiger partial charge in [-0.2, -0.15) is 0 Å². The molecule has 1 aromatic rings. The van der Waals surface area contributed by atoms with E-state index < -0.39 is 0 Å². The molecular weight excluding hydrogens is 359 g/mol. The fourth-order valence-corrected chi connectivity index (χ4v) is 2.31. The number of amides is 1. The van der Waals surface area contributed by atoms with Gasteiger partial charge in [-0.1, -0.05) is 13.8 Å². The van der Waals surface area contributed by atoms with Crippen LogP contribution in [-0.2, 0) is 0 Å². The van der Waals surface area contributed by atoms with Crippen molar-refractivity contribution < 1.29 is 9.53 Å². The molecule has 0 saturated carbocycles. The van der Waals surface area contributed by atoms with Crippen LogP contribution in [0.4, 0.5) is 0 Å². The lowest BCUT2D eigenvalue weighted by atomic mass is 10.2. The second kappa shape index (κ2) is 8.37. The summed E-state index contributed by atoms with van der Waals surface area (Å²) in [7, 11) is 1.58. The zero-order valence-corrected chi connectivity index (χ0v) is 13.9. The summed E-state index contributed by atoms with van der Waals surface area (Å²) in [5.74, 6) is 0.531. The largest absolute Gasteiger partial charge is 0.496 e. The van der Waals surface area contributed by atoms with Crippen molar-refractivity contribution in [3.05, 3.63) is 27.3 Å². The van der Waals surface area contributed by atoms with Gasteiger partial charge in [-0.25, -0.2) is 0 Å². The van der Waals surface area contributed by atoms with E-state index in [1.165, 1.54) is 0 Å². The van der Waals surface area contributed by atoms with Crippen LogP contribution in [0.5, 0.6) is 5.75 Å². The van der Waals surface area contributed by atoms with E-state index in [1.807, 2.05) is 18.2 Å². The van der Waals surface area contributed by atoms with E-state index >= 15 is 0 Å². The number of halogens is 1. The van der Waals surface area contributed by atoms with E-state index in [9.17, 15) is 4.79 Å². The molecule has 0 spiro atoms. The van der Waals surface area contributed by atoms with Gasteiger partial charge >= 0.3 is 0 Å². The molecule has 1 rings (SSSR count). The van der Waals surface area contributed by atoms with Crippen LogP contribution in [0.1, 0.15) is 24.2 Å². The van der Waals surface area contributed by atoms with Crippen LogP contribution < -0.4 is 10.1 Å². The Morgan fingerprint density at radius 1 is 1.37 bits per heavy atom. The fraction of sp³-hybridized carbons (Fsp3) is 0.500. The topological polar surface area (TPSA) is 41.6 Å². The lowest BCUT2D eigenvalue weighted by molar-refractivity contribution is 0.0946. The molecule has 0 radical (unpaired) electrons. The Kier molecular flexibility index (Phi) is 7.15. The fourth-order valence-electron chi connectivity index (χ4n) is 1.82. The number of likely N-dealkylation sites (N-methyl/N-ethyl adjacent to an activating group) is 1. The van der Waals surface area contributed by atoms with Gasteiger partial charge in [0, 0.05) is 16.7 Å². The Bertz CT molecular complexity index is 420. The zero-order chi connectivity index (χ0) is 14.3. The van der Waals surface area contributed by atoms with E-state index in [0.29, 0.717) is 17.9 Å². The number of hydrogen-bond acceptors (Lipinski definition) is 3. The number of rotatable bonds is 7. The molecule has 1 amide bonds.